The molecule has 0 spiro atoms. The van der Waals surface area contributed by atoms with Crippen LogP contribution in [-0.2, 0) is 0 Å². The first kappa shape index (κ1) is 15.2. The Morgan fingerprint density at radius 2 is 1.43 bits per heavy atom. The molecule has 0 aliphatic carbocycles. The molecule has 0 heterocycles. The van der Waals surface area contributed by atoms with E-state index in [9.17, 15) is 0 Å². The van der Waals surface area contributed by atoms with Gasteiger partial charge in [0.15, 0.2) is 11.5 Å². The van der Waals surface area contributed by atoms with Gasteiger partial charge in [0.05, 0.1) is 27.4 Å². The van der Waals surface area contributed by atoms with Gasteiger partial charge in [-0.15, -0.1) is 0 Å². The monoisotopic (exact) mass is 287 g/mol. The first-order valence-corrected chi connectivity index (χ1v) is 6.72. The van der Waals surface area contributed by atoms with Crippen LogP contribution in [0.1, 0.15) is 22.7 Å². The third-order valence-corrected chi connectivity index (χ3v) is 3.49. The number of aryl methyl sites for hydroxylation is 1. The lowest BCUT2D eigenvalue weighted by molar-refractivity contribution is 0.354. The SMILES string of the molecule is COc1ccc(C(N)c2cc(C)ccc2OC)cc1OC. The van der Waals surface area contributed by atoms with Crippen molar-refractivity contribution in [2.75, 3.05) is 21.3 Å². The van der Waals surface area contributed by atoms with Crippen molar-refractivity contribution in [3.8, 4) is 17.2 Å². The van der Waals surface area contributed by atoms with Gasteiger partial charge in [-0.05, 0) is 30.7 Å². The molecule has 112 valence electrons. The van der Waals surface area contributed by atoms with Crippen molar-refractivity contribution in [1.82, 2.24) is 0 Å². The molecule has 1 atom stereocenters. The fraction of sp³-hybridized carbons (Fsp3) is 0.294. The molecule has 2 aromatic rings. The molecule has 2 aromatic carbocycles. The first-order chi connectivity index (χ1) is 10.1. The summed E-state index contributed by atoms with van der Waals surface area (Å²) in [7, 11) is 4.87. The molecule has 0 aliphatic rings. The zero-order chi connectivity index (χ0) is 15.4. The van der Waals surface area contributed by atoms with Gasteiger partial charge in [0, 0.05) is 5.56 Å². The third kappa shape index (κ3) is 3.11. The van der Waals surface area contributed by atoms with Crippen LogP contribution >= 0.6 is 0 Å². The van der Waals surface area contributed by atoms with Crippen LogP contribution in [0.3, 0.4) is 0 Å². The van der Waals surface area contributed by atoms with E-state index in [0.717, 1.165) is 22.4 Å². The van der Waals surface area contributed by atoms with Gasteiger partial charge in [0.2, 0.25) is 0 Å². The van der Waals surface area contributed by atoms with Crippen LogP contribution in [-0.4, -0.2) is 21.3 Å². The van der Waals surface area contributed by atoms with Crippen LogP contribution in [0.25, 0.3) is 0 Å². The first-order valence-electron chi connectivity index (χ1n) is 6.72. The molecular formula is C17H21NO3. The summed E-state index contributed by atoms with van der Waals surface area (Å²) in [5.74, 6) is 2.13. The zero-order valence-electron chi connectivity index (χ0n) is 12.8. The second-order valence-corrected chi connectivity index (χ2v) is 4.84. The molecule has 21 heavy (non-hydrogen) atoms. The Morgan fingerprint density at radius 3 is 2.05 bits per heavy atom. The fourth-order valence-electron chi connectivity index (χ4n) is 2.32. The maximum Gasteiger partial charge on any atom is 0.161 e. The minimum absolute atomic E-state index is 0.292. The van der Waals surface area contributed by atoms with Gasteiger partial charge in [-0.2, -0.15) is 0 Å². The molecule has 0 radical (unpaired) electrons. The predicted molar refractivity (Wildman–Crippen MR) is 83.3 cm³/mol. The quantitative estimate of drug-likeness (QED) is 0.918. The van der Waals surface area contributed by atoms with Gasteiger partial charge >= 0.3 is 0 Å². The van der Waals surface area contributed by atoms with E-state index in [-0.39, 0.29) is 6.04 Å². The van der Waals surface area contributed by atoms with E-state index in [4.69, 9.17) is 19.9 Å². The average Bonchev–Trinajstić information content (AvgIpc) is 2.53. The van der Waals surface area contributed by atoms with Gasteiger partial charge in [0.1, 0.15) is 5.75 Å². The van der Waals surface area contributed by atoms with E-state index < -0.39 is 0 Å². The highest BCUT2D eigenvalue weighted by molar-refractivity contribution is 5.48. The van der Waals surface area contributed by atoms with Crippen LogP contribution in [0.4, 0.5) is 0 Å². The molecule has 0 fully saturated rings. The molecule has 0 bridgehead atoms. The van der Waals surface area contributed by atoms with Crippen LogP contribution < -0.4 is 19.9 Å². The van der Waals surface area contributed by atoms with Crippen molar-refractivity contribution in [3.05, 3.63) is 53.1 Å². The summed E-state index contributed by atoms with van der Waals surface area (Å²) in [4.78, 5) is 0. The molecule has 0 aliphatic heterocycles. The fourth-order valence-corrected chi connectivity index (χ4v) is 2.32. The number of hydrogen-bond donors (Lipinski definition) is 1. The van der Waals surface area contributed by atoms with E-state index >= 15 is 0 Å². The summed E-state index contributed by atoms with van der Waals surface area (Å²) in [6.45, 7) is 2.03. The number of methoxy groups -OCH3 is 3. The Morgan fingerprint density at radius 1 is 0.810 bits per heavy atom. The van der Waals surface area contributed by atoms with Crippen molar-refractivity contribution >= 4 is 0 Å². The molecule has 4 heteroatoms. The van der Waals surface area contributed by atoms with Gasteiger partial charge in [-0.3, -0.25) is 0 Å². The van der Waals surface area contributed by atoms with Crippen molar-refractivity contribution in [2.45, 2.75) is 13.0 Å². The number of hydrogen-bond acceptors (Lipinski definition) is 4. The summed E-state index contributed by atoms with van der Waals surface area (Å²) >= 11 is 0. The lowest BCUT2D eigenvalue weighted by Crippen LogP contribution is -2.13. The van der Waals surface area contributed by atoms with Crippen molar-refractivity contribution in [2.24, 2.45) is 5.73 Å². The van der Waals surface area contributed by atoms with Crippen molar-refractivity contribution in [3.63, 3.8) is 0 Å². The molecule has 0 saturated heterocycles. The van der Waals surface area contributed by atoms with E-state index in [1.807, 2.05) is 43.3 Å². The van der Waals surface area contributed by atoms with Crippen LogP contribution in [0, 0.1) is 6.92 Å². The molecule has 0 aromatic heterocycles. The highest BCUT2D eigenvalue weighted by Gasteiger charge is 2.16. The maximum absolute atomic E-state index is 6.40. The number of benzene rings is 2. The Balaban J connectivity index is 2.44. The highest BCUT2D eigenvalue weighted by atomic mass is 16.5. The molecule has 2 rings (SSSR count). The second-order valence-electron chi connectivity index (χ2n) is 4.84. The topological polar surface area (TPSA) is 53.7 Å². The third-order valence-electron chi connectivity index (χ3n) is 3.49. The Labute approximate surface area is 125 Å². The normalized spacial score (nSPS) is 11.9. The van der Waals surface area contributed by atoms with E-state index in [1.54, 1.807) is 21.3 Å². The van der Waals surface area contributed by atoms with Crippen molar-refractivity contribution < 1.29 is 14.2 Å². The van der Waals surface area contributed by atoms with Gasteiger partial charge in [-0.25, -0.2) is 0 Å². The standard InChI is InChI=1S/C17H21NO3/c1-11-5-7-14(19-2)13(9-11)17(18)12-6-8-15(20-3)16(10-12)21-4/h5-10,17H,18H2,1-4H3. The van der Waals surface area contributed by atoms with E-state index in [2.05, 4.69) is 0 Å². The summed E-state index contributed by atoms with van der Waals surface area (Å²) in [6, 6.07) is 11.4. The minimum atomic E-state index is -0.292. The summed E-state index contributed by atoms with van der Waals surface area (Å²) < 4.78 is 16.0. The second kappa shape index (κ2) is 6.50. The summed E-state index contributed by atoms with van der Waals surface area (Å²) in [5.41, 5.74) is 9.43. The lowest BCUT2D eigenvalue weighted by atomic mass is 9.97. The van der Waals surface area contributed by atoms with Gasteiger partial charge in [0.25, 0.3) is 0 Å². The molecule has 2 N–H and O–H groups in total. The average molecular weight is 287 g/mol. The number of ether oxygens (including phenoxy) is 3. The smallest absolute Gasteiger partial charge is 0.161 e. The van der Waals surface area contributed by atoms with Gasteiger partial charge in [-0.1, -0.05) is 23.8 Å². The zero-order valence-corrected chi connectivity index (χ0v) is 12.8. The van der Waals surface area contributed by atoms with E-state index in [0.29, 0.717) is 11.5 Å². The van der Waals surface area contributed by atoms with Crippen LogP contribution in [0.2, 0.25) is 0 Å². The number of nitrogens with two attached hydrogens (primary N) is 1. The van der Waals surface area contributed by atoms with Crippen LogP contribution in [0.5, 0.6) is 17.2 Å². The molecule has 4 nitrogen and oxygen atoms in total. The number of rotatable bonds is 5. The summed E-state index contributed by atoms with van der Waals surface area (Å²) in [5, 5.41) is 0. The van der Waals surface area contributed by atoms with E-state index in [1.165, 1.54) is 0 Å². The molecule has 0 amide bonds. The largest absolute Gasteiger partial charge is 0.496 e. The lowest BCUT2D eigenvalue weighted by Gasteiger charge is -2.18. The highest BCUT2D eigenvalue weighted by Crippen LogP contribution is 2.34. The molecule has 0 saturated carbocycles. The van der Waals surface area contributed by atoms with Gasteiger partial charge < -0.3 is 19.9 Å². The molecular weight excluding hydrogens is 266 g/mol. The molecule has 1 unspecified atom stereocenters. The Hall–Kier alpha value is -2.20. The maximum atomic E-state index is 6.40. The Bertz CT molecular complexity index is 625. The van der Waals surface area contributed by atoms with Crippen LogP contribution in [0.15, 0.2) is 36.4 Å². The van der Waals surface area contributed by atoms with Crippen molar-refractivity contribution in [1.29, 1.82) is 0 Å². The predicted octanol–water partition coefficient (Wildman–Crippen LogP) is 3.07. The minimum Gasteiger partial charge on any atom is -0.496 e. The Kier molecular flexibility index (Phi) is 4.70. The summed E-state index contributed by atoms with van der Waals surface area (Å²) in [6.07, 6.45) is 0.